The van der Waals surface area contributed by atoms with Gasteiger partial charge in [0.05, 0.1) is 29.2 Å². The number of aliphatic imine (C=N–C) groups is 1. The van der Waals surface area contributed by atoms with Gasteiger partial charge in [-0.25, -0.2) is 4.99 Å². The number of alkyl halides is 3. The van der Waals surface area contributed by atoms with Crippen molar-refractivity contribution in [2.45, 2.75) is 50.7 Å². The SMILES string of the molecule is CC(c1ccc(N=C(N)/C(C=O)=C\NC2CCCCC2C#N)cc1)C(F)(F)F. The Morgan fingerprint density at radius 2 is 1.96 bits per heavy atom. The van der Waals surface area contributed by atoms with Gasteiger partial charge in [0.15, 0.2) is 6.29 Å². The highest BCUT2D eigenvalue weighted by molar-refractivity contribution is 6.13. The standard InChI is InChI=1S/C20H23F3N4O/c1-13(20(21,22)23)14-6-8-17(9-7-14)27-19(25)16(12-28)11-26-18-5-3-2-4-15(18)10-24/h6-9,11-13,15,18,26H,2-5H2,1H3,(H2,25,27)/b16-11-. The average molecular weight is 392 g/mol. The zero-order valence-electron chi connectivity index (χ0n) is 15.5. The topological polar surface area (TPSA) is 91.3 Å². The van der Waals surface area contributed by atoms with Crippen LogP contribution in [0.1, 0.15) is 44.1 Å². The van der Waals surface area contributed by atoms with E-state index in [-0.39, 0.29) is 28.9 Å². The van der Waals surface area contributed by atoms with Crippen molar-refractivity contribution >= 4 is 17.8 Å². The number of nitrogens with zero attached hydrogens (tertiary/aromatic N) is 2. The van der Waals surface area contributed by atoms with E-state index in [1.807, 2.05) is 0 Å². The molecule has 0 spiro atoms. The second-order valence-electron chi connectivity index (χ2n) is 6.86. The third kappa shape index (κ3) is 5.59. The lowest BCUT2D eigenvalue weighted by molar-refractivity contribution is -0.146. The van der Waals surface area contributed by atoms with Crippen molar-refractivity contribution in [2.75, 3.05) is 0 Å². The maximum Gasteiger partial charge on any atom is 0.395 e. The molecule has 0 amide bonds. The van der Waals surface area contributed by atoms with Gasteiger partial charge in [-0.3, -0.25) is 4.79 Å². The summed E-state index contributed by atoms with van der Waals surface area (Å²) in [5, 5.41) is 12.3. The molecule has 0 aromatic heterocycles. The summed E-state index contributed by atoms with van der Waals surface area (Å²) in [5.41, 5.74) is 6.46. The van der Waals surface area contributed by atoms with Gasteiger partial charge >= 0.3 is 6.18 Å². The van der Waals surface area contributed by atoms with Crippen LogP contribution in [-0.4, -0.2) is 24.3 Å². The molecule has 28 heavy (non-hydrogen) atoms. The first-order chi connectivity index (χ1) is 13.3. The molecule has 0 heterocycles. The summed E-state index contributed by atoms with van der Waals surface area (Å²) in [6.45, 7) is 1.09. The molecule has 8 heteroatoms. The van der Waals surface area contributed by atoms with Crippen molar-refractivity contribution in [3.05, 3.63) is 41.6 Å². The molecule has 1 aliphatic rings. The molecule has 0 aliphatic heterocycles. The number of hydrogen-bond acceptors (Lipinski definition) is 4. The number of halogens is 3. The van der Waals surface area contributed by atoms with E-state index >= 15 is 0 Å². The predicted molar refractivity (Wildman–Crippen MR) is 101 cm³/mol. The summed E-state index contributed by atoms with van der Waals surface area (Å²) >= 11 is 0. The number of aldehydes is 1. The molecule has 3 atom stereocenters. The number of amidine groups is 1. The first-order valence-corrected chi connectivity index (χ1v) is 9.08. The van der Waals surface area contributed by atoms with Crippen LogP contribution in [-0.2, 0) is 4.79 Å². The number of carbonyl (C=O) groups excluding carboxylic acids is 1. The zero-order chi connectivity index (χ0) is 20.7. The van der Waals surface area contributed by atoms with Crippen molar-refractivity contribution < 1.29 is 18.0 Å². The number of nitrogens with two attached hydrogens (primary N) is 1. The van der Waals surface area contributed by atoms with Crippen LogP contribution in [0.5, 0.6) is 0 Å². The summed E-state index contributed by atoms with van der Waals surface area (Å²) in [6, 6.07) is 7.74. The van der Waals surface area contributed by atoms with Crippen LogP contribution >= 0.6 is 0 Å². The Balaban J connectivity index is 2.11. The Hall–Kier alpha value is -2.82. The van der Waals surface area contributed by atoms with Crippen LogP contribution in [0.3, 0.4) is 0 Å². The minimum atomic E-state index is -4.32. The highest BCUT2D eigenvalue weighted by Crippen LogP contribution is 2.34. The van der Waals surface area contributed by atoms with Gasteiger partial charge in [-0.15, -0.1) is 0 Å². The highest BCUT2D eigenvalue weighted by Gasteiger charge is 2.36. The smallest absolute Gasteiger partial charge is 0.386 e. The summed E-state index contributed by atoms with van der Waals surface area (Å²) in [4.78, 5) is 15.5. The van der Waals surface area contributed by atoms with Gasteiger partial charge in [-0.1, -0.05) is 25.0 Å². The van der Waals surface area contributed by atoms with Crippen LogP contribution < -0.4 is 11.1 Å². The summed E-state index contributed by atoms with van der Waals surface area (Å²) in [6.07, 6.45) is 1.34. The van der Waals surface area contributed by atoms with E-state index in [1.165, 1.54) is 30.5 Å². The molecule has 1 aromatic carbocycles. The second-order valence-corrected chi connectivity index (χ2v) is 6.86. The van der Waals surface area contributed by atoms with Gasteiger partial charge in [0.2, 0.25) is 0 Å². The zero-order valence-corrected chi connectivity index (χ0v) is 15.5. The summed E-state index contributed by atoms with van der Waals surface area (Å²) < 4.78 is 38.3. The Morgan fingerprint density at radius 3 is 2.54 bits per heavy atom. The fraction of sp³-hybridized carbons (Fsp3) is 0.450. The average Bonchev–Trinajstić information content (AvgIpc) is 2.68. The van der Waals surface area contributed by atoms with E-state index < -0.39 is 12.1 Å². The molecule has 1 aromatic rings. The molecule has 150 valence electrons. The maximum atomic E-state index is 12.8. The molecule has 3 N–H and O–H groups in total. The minimum absolute atomic E-state index is 0.0513. The van der Waals surface area contributed by atoms with Crippen LogP contribution in [0.4, 0.5) is 18.9 Å². The first-order valence-electron chi connectivity index (χ1n) is 9.08. The molecule has 2 rings (SSSR count). The quantitative estimate of drug-likeness (QED) is 0.330. The molecule has 0 bridgehead atoms. The van der Waals surface area contributed by atoms with Crippen molar-refractivity contribution in [1.29, 1.82) is 5.26 Å². The third-order valence-corrected chi connectivity index (χ3v) is 4.94. The van der Waals surface area contributed by atoms with Gasteiger partial charge in [0.1, 0.15) is 5.84 Å². The third-order valence-electron chi connectivity index (χ3n) is 4.94. The van der Waals surface area contributed by atoms with Gasteiger partial charge in [-0.2, -0.15) is 18.4 Å². The molecule has 0 saturated heterocycles. The van der Waals surface area contributed by atoms with E-state index in [9.17, 15) is 23.2 Å². The van der Waals surface area contributed by atoms with E-state index in [2.05, 4.69) is 16.4 Å². The van der Waals surface area contributed by atoms with Gasteiger partial charge < -0.3 is 11.1 Å². The van der Waals surface area contributed by atoms with Crippen LogP contribution in [0.25, 0.3) is 0 Å². The molecule has 1 fully saturated rings. The molecule has 3 unspecified atom stereocenters. The van der Waals surface area contributed by atoms with Crippen molar-refractivity contribution in [1.82, 2.24) is 5.32 Å². The Kier molecular flexibility index (Phi) is 7.21. The summed E-state index contributed by atoms with van der Waals surface area (Å²) in [5.74, 6) is -1.76. The Labute approximate surface area is 162 Å². The number of nitriles is 1. The van der Waals surface area contributed by atoms with E-state index in [0.29, 0.717) is 12.0 Å². The van der Waals surface area contributed by atoms with E-state index in [0.717, 1.165) is 32.6 Å². The first kappa shape index (κ1) is 21.5. The van der Waals surface area contributed by atoms with Crippen LogP contribution in [0.2, 0.25) is 0 Å². The second kappa shape index (κ2) is 9.40. The van der Waals surface area contributed by atoms with Crippen LogP contribution in [0, 0.1) is 17.2 Å². The Bertz CT molecular complexity index is 778. The number of nitrogens with one attached hydrogen (secondary N) is 1. The highest BCUT2D eigenvalue weighted by atomic mass is 19.4. The molecule has 0 radical (unpaired) electrons. The van der Waals surface area contributed by atoms with Crippen molar-refractivity contribution in [3.8, 4) is 6.07 Å². The fourth-order valence-electron chi connectivity index (χ4n) is 3.08. The number of benzene rings is 1. The fourth-order valence-corrected chi connectivity index (χ4v) is 3.08. The number of hydrogen-bond donors (Lipinski definition) is 2. The lowest BCUT2D eigenvalue weighted by atomic mass is 9.85. The lowest BCUT2D eigenvalue weighted by Gasteiger charge is -2.27. The molecule has 1 aliphatic carbocycles. The normalized spacial score (nSPS) is 22.2. The van der Waals surface area contributed by atoms with E-state index in [1.54, 1.807) is 0 Å². The molecular formula is C20H23F3N4O. The molecule has 1 saturated carbocycles. The monoisotopic (exact) mass is 392 g/mol. The molecule has 5 nitrogen and oxygen atoms in total. The van der Waals surface area contributed by atoms with Crippen molar-refractivity contribution in [2.24, 2.45) is 16.6 Å². The van der Waals surface area contributed by atoms with Gasteiger partial charge in [-0.05, 0) is 37.5 Å². The van der Waals surface area contributed by atoms with Crippen LogP contribution in [0.15, 0.2) is 41.0 Å². The number of rotatable bonds is 6. The lowest BCUT2D eigenvalue weighted by Crippen LogP contribution is -2.35. The van der Waals surface area contributed by atoms with E-state index in [4.69, 9.17) is 5.73 Å². The Morgan fingerprint density at radius 1 is 1.32 bits per heavy atom. The number of carbonyl (C=O) groups is 1. The largest absolute Gasteiger partial charge is 0.395 e. The maximum absolute atomic E-state index is 12.8. The van der Waals surface area contributed by atoms with Gasteiger partial charge in [0, 0.05) is 12.2 Å². The van der Waals surface area contributed by atoms with Crippen molar-refractivity contribution in [3.63, 3.8) is 0 Å². The summed E-state index contributed by atoms with van der Waals surface area (Å²) in [7, 11) is 0. The molecular weight excluding hydrogens is 369 g/mol. The predicted octanol–water partition coefficient (Wildman–Crippen LogP) is 4.10. The minimum Gasteiger partial charge on any atom is -0.386 e. The van der Waals surface area contributed by atoms with Gasteiger partial charge in [0.25, 0.3) is 0 Å².